The summed E-state index contributed by atoms with van der Waals surface area (Å²) in [7, 11) is 1.66. The Morgan fingerprint density at radius 2 is 1.57 bits per heavy atom. The van der Waals surface area contributed by atoms with Crippen molar-refractivity contribution < 1.29 is 14.9 Å². The number of methoxy groups -OCH3 is 1. The Morgan fingerprint density at radius 1 is 0.952 bits per heavy atom. The second-order valence-corrected chi connectivity index (χ2v) is 5.13. The molecule has 0 aromatic heterocycles. The van der Waals surface area contributed by atoms with Crippen molar-refractivity contribution in [2.75, 3.05) is 7.11 Å². The molecule has 2 rings (SSSR count). The molecular formula is C17H21NO3. The molecule has 0 radical (unpaired) electrons. The molecule has 0 heterocycles. The standard InChI is InChI=1S/C17H21NO3/c1-11(13-8-14(19)10-15(20)9-13)18-12(2)16-6-4-5-7-17(16)21-3/h4-12,18-20H,1-3H3/t11?,12-/m1/s1. The number of phenols is 2. The molecule has 0 aliphatic carbocycles. The van der Waals surface area contributed by atoms with Crippen LogP contribution in [0, 0.1) is 0 Å². The lowest BCUT2D eigenvalue weighted by molar-refractivity contribution is 0.396. The van der Waals surface area contributed by atoms with Gasteiger partial charge in [0, 0.05) is 23.7 Å². The highest BCUT2D eigenvalue weighted by Gasteiger charge is 2.15. The minimum atomic E-state index is -0.0251. The van der Waals surface area contributed by atoms with Gasteiger partial charge in [0.1, 0.15) is 17.2 Å². The van der Waals surface area contributed by atoms with E-state index in [9.17, 15) is 10.2 Å². The van der Waals surface area contributed by atoms with Crippen molar-refractivity contribution in [3.63, 3.8) is 0 Å². The van der Waals surface area contributed by atoms with Gasteiger partial charge in [0.25, 0.3) is 0 Å². The second kappa shape index (κ2) is 6.50. The molecule has 112 valence electrons. The number of para-hydroxylation sites is 1. The fourth-order valence-electron chi connectivity index (χ4n) is 2.45. The van der Waals surface area contributed by atoms with Crippen LogP contribution in [-0.2, 0) is 0 Å². The predicted octanol–water partition coefficient (Wildman–Crippen LogP) is 3.52. The average molecular weight is 287 g/mol. The van der Waals surface area contributed by atoms with Gasteiger partial charge in [0.05, 0.1) is 7.11 Å². The second-order valence-electron chi connectivity index (χ2n) is 5.13. The van der Waals surface area contributed by atoms with Crippen LogP contribution in [0.2, 0.25) is 0 Å². The number of rotatable bonds is 5. The van der Waals surface area contributed by atoms with E-state index in [0.29, 0.717) is 0 Å². The topological polar surface area (TPSA) is 61.7 Å². The van der Waals surface area contributed by atoms with Crippen molar-refractivity contribution in [2.45, 2.75) is 25.9 Å². The van der Waals surface area contributed by atoms with Crippen molar-refractivity contribution in [1.29, 1.82) is 0 Å². The first-order valence-electron chi connectivity index (χ1n) is 6.93. The normalized spacial score (nSPS) is 13.7. The molecule has 0 fully saturated rings. The van der Waals surface area contributed by atoms with Gasteiger partial charge in [0.15, 0.2) is 0 Å². The highest BCUT2D eigenvalue weighted by atomic mass is 16.5. The van der Waals surface area contributed by atoms with E-state index in [1.54, 1.807) is 19.2 Å². The fourth-order valence-corrected chi connectivity index (χ4v) is 2.45. The third kappa shape index (κ3) is 3.67. The minimum absolute atomic E-state index is 0.0251. The van der Waals surface area contributed by atoms with Gasteiger partial charge < -0.3 is 20.3 Å². The first kappa shape index (κ1) is 15.2. The van der Waals surface area contributed by atoms with Gasteiger partial charge in [-0.3, -0.25) is 0 Å². The molecule has 2 atom stereocenters. The highest BCUT2D eigenvalue weighted by Crippen LogP contribution is 2.29. The average Bonchev–Trinajstić information content (AvgIpc) is 2.46. The molecule has 4 nitrogen and oxygen atoms in total. The van der Waals surface area contributed by atoms with Crippen LogP contribution in [0.3, 0.4) is 0 Å². The maximum absolute atomic E-state index is 9.57. The van der Waals surface area contributed by atoms with Crippen molar-refractivity contribution in [3.8, 4) is 17.2 Å². The van der Waals surface area contributed by atoms with Crippen LogP contribution in [0.5, 0.6) is 17.2 Å². The van der Waals surface area contributed by atoms with Crippen LogP contribution in [0.4, 0.5) is 0 Å². The van der Waals surface area contributed by atoms with Gasteiger partial charge in [-0.05, 0) is 37.6 Å². The summed E-state index contributed by atoms with van der Waals surface area (Å²) in [6, 6.07) is 12.5. The predicted molar refractivity (Wildman–Crippen MR) is 82.7 cm³/mol. The van der Waals surface area contributed by atoms with Crippen LogP contribution in [0.1, 0.15) is 37.1 Å². The van der Waals surface area contributed by atoms with Gasteiger partial charge >= 0.3 is 0 Å². The number of phenolic OH excluding ortho intramolecular Hbond substituents is 2. The Balaban J connectivity index is 2.16. The largest absolute Gasteiger partial charge is 0.508 e. The van der Waals surface area contributed by atoms with E-state index in [1.807, 2.05) is 31.2 Å². The zero-order valence-corrected chi connectivity index (χ0v) is 12.5. The molecule has 0 spiro atoms. The van der Waals surface area contributed by atoms with Gasteiger partial charge in [-0.15, -0.1) is 0 Å². The smallest absolute Gasteiger partial charge is 0.123 e. The summed E-state index contributed by atoms with van der Waals surface area (Å²) < 4.78 is 5.37. The molecule has 0 aliphatic heterocycles. The molecule has 0 bridgehead atoms. The van der Waals surface area contributed by atoms with Crippen molar-refractivity contribution in [3.05, 3.63) is 53.6 Å². The molecule has 1 unspecified atom stereocenters. The number of hydrogen-bond acceptors (Lipinski definition) is 4. The number of ether oxygens (including phenoxy) is 1. The summed E-state index contributed by atoms with van der Waals surface area (Å²) in [6.07, 6.45) is 0. The molecule has 3 N–H and O–H groups in total. The maximum Gasteiger partial charge on any atom is 0.123 e. The van der Waals surface area contributed by atoms with Crippen molar-refractivity contribution >= 4 is 0 Å². The maximum atomic E-state index is 9.57. The van der Waals surface area contributed by atoms with E-state index in [0.717, 1.165) is 16.9 Å². The molecule has 21 heavy (non-hydrogen) atoms. The molecule has 0 amide bonds. The number of hydrogen-bond donors (Lipinski definition) is 3. The Hall–Kier alpha value is -2.20. The van der Waals surface area contributed by atoms with Crippen LogP contribution >= 0.6 is 0 Å². The lowest BCUT2D eigenvalue weighted by Crippen LogP contribution is -2.22. The molecular weight excluding hydrogens is 266 g/mol. The molecule has 0 aliphatic rings. The zero-order valence-electron chi connectivity index (χ0n) is 12.5. The van der Waals surface area contributed by atoms with E-state index in [2.05, 4.69) is 12.2 Å². The first-order valence-corrected chi connectivity index (χ1v) is 6.93. The van der Waals surface area contributed by atoms with E-state index in [1.165, 1.54) is 6.07 Å². The minimum Gasteiger partial charge on any atom is -0.508 e. The SMILES string of the molecule is COc1ccccc1[C@@H](C)NC(C)c1cc(O)cc(O)c1. The van der Waals surface area contributed by atoms with E-state index < -0.39 is 0 Å². The molecule has 0 saturated heterocycles. The van der Waals surface area contributed by atoms with E-state index >= 15 is 0 Å². The number of nitrogens with one attached hydrogen (secondary N) is 1. The van der Waals surface area contributed by atoms with Crippen molar-refractivity contribution in [1.82, 2.24) is 5.32 Å². The van der Waals surface area contributed by atoms with Crippen LogP contribution < -0.4 is 10.1 Å². The Labute approximate surface area is 125 Å². The van der Waals surface area contributed by atoms with Gasteiger partial charge in [-0.1, -0.05) is 18.2 Å². The Bertz CT molecular complexity index is 592. The summed E-state index contributed by atoms with van der Waals surface area (Å²) >= 11 is 0. The summed E-state index contributed by atoms with van der Waals surface area (Å²) in [5.74, 6) is 0.954. The Kier molecular flexibility index (Phi) is 4.70. The quantitative estimate of drug-likeness (QED) is 0.787. The molecule has 2 aromatic rings. The van der Waals surface area contributed by atoms with Crippen LogP contribution in [0.25, 0.3) is 0 Å². The summed E-state index contributed by atoms with van der Waals surface area (Å²) in [5, 5.41) is 22.6. The third-order valence-corrected chi connectivity index (χ3v) is 3.53. The van der Waals surface area contributed by atoms with Gasteiger partial charge in [-0.2, -0.15) is 0 Å². The third-order valence-electron chi connectivity index (χ3n) is 3.53. The van der Waals surface area contributed by atoms with Gasteiger partial charge in [0.2, 0.25) is 0 Å². The van der Waals surface area contributed by atoms with Crippen LogP contribution in [-0.4, -0.2) is 17.3 Å². The summed E-state index contributed by atoms with van der Waals surface area (Å²) in [5.41, 5.74) is 1.89. The molecule has 2 aromatic carbocycles. The highest BCUT2D eigenvalue weighted by molar-refractivity contribution is 5.39. The molecule has 0 saturated carbocycles. The summed E-state index contributed by atoms with van der Waals surface area (Å²) in [4.78, 5) is 0. The van der Waals surface area contributed by atoms with Gasteiger partial charge in [-0.25, -0.2) is 0 Å². The summed E-state index contributed by atoms with van der Waals surface area (Å²) in [6.45, 7) is 4.04. The number of benzene rings is 2. The van der Waals surface area contributed by atoms with E-state index in [-0.39, 0.29) is 23.6 Å². The first-order chi connectivity index (χ1) is 10.0. The monoisotopic (exact) mass is 287 g/mol. The zero-order chi connectivity index (χ0) is 15.4. The van der Waals surface area contributed by atoms with Crippen molar-refractivity contribution in [2.24, 2.45) is 0 Å². The molecule has 4 heteroatoms. The number of aromatic hydroxyl groups is 2. The van der Waals surface area contributed by atoms with E-state index in [4.69, 9.17) is 4.74 Å². The lowest BCUT2D eigenvalue weighted by Gasteiger charge is -2.22. The fraction of sp³-hybridized carbons (Fsp3) is 0.294. The lowest BCUT2D eigenvalue weighted by atomic mass is 10.0. The Morgan fingerprint density at radius 3 is 2.19 bits per heavy atom. The van der Waals surface area contributed by atoms with Crippen LogP contribution in [0.15, 0.2) is 42.5 Å².